The topological polar surface area (TPSA) is 113 Å². The van der Waals surface area contributed by atoms with E-state index in [0.29, 0.717) is 24.7 Å². The van der Waals surface area contributed by atoms with Crippen molar-refractivity contribution >= 4 is 23.5 Å². The molecular formula is C26H31N3O4. The number of rotatable bonds is 6. The van der Waals surface area contributed by atoms with Crippen molar-refractivity contribution in [1.82, 2.24) is 4.90 Å². The molecule has 2 aromatic carbocycles. The van der Waals surface area contributed by atoms with Crippen LogP contribution in [0.4, 0.5) is 5.69 Å². The lowest BCUT2D eigenvalue weighted by Gasteiger charge is -2.33. The Hall–Kier alpha value is -3.19. The van der Waals surface area contributed by atoms with Gasteiger partial charge in [0.05, 0.1) is 5.56 Å². The van der Waals surface area contributed by atoms with E-state index in [4.69, 9.17) is 10.8 Å². The second-order valence-electron chi connectivity index (χ2n) is 9.11. The lowest BCUT2D eigenvalue weighted by atomic mass is 9.81. The fraction of sp³-hybridized carbons (Fsp3) is 0.423. The summed E-state index contributed by atoms with van der Waals surface area (Å²) in [6, 6.07) is 15.3. The molecule has 7 heteroatoms. The van der Waals surface area contributed by atoms with Crippen molar-refractivity contribution in [3.05, 3.63) is 65.7 Å². The normalized spacial score (nSPS) is 24.9. The van der Waals surface area contributed by atoms with Crippen LogP contribution in [0.25, 0.3) is 0 Å². The van der Waals surface area contributed by atoms with Gasteiger partial charge in [-0.2, -0.15) is 0 Å². The van der Waals surface area contributed by atoms with Crippen LogP contribution in [0.15, 0.2) is 54.6 Å². The zero-order valence-electron chi connectivity index (χ0n) is 18.7. The molecule has 2 fully saturated rings. The van der Waals surface area contributed by atoms with Crippen molar-refractivity contribution < 1.29 is 19.5 Å². The average molecular weight is 450 g/mol. The molecule has 33 heavy (non-hydrogen) atoms. The van der Waals surface area contributed by atoms with Gasteiger partial charge in [0, 0.05) is 24.1 Å². The molecule has 1 aliphatic heterocycles. The van der Waals surface area contributed by atoms with Gasteiger partial charge in [0.2, 0.25) is 11.8 Å². The van der Waals surface area contributed by atoms with E-state index in [-0.39, 0.29) is 29.2 Å². The van der Waals surface area contributed by atoms with Crippen LogP contribution in [-0.4, -0.2) is 46.9 Å². The van der Waals surface area contributed by atoms with Crippen LogP contribution >= 0.6 is 0 Å². The number of carboxylic acid groups (broad SMARTS) is 1. The van der Waals surface area contributed by atoms with Gasteiger partial charge >= 0.3 is 5.97 Å². The SMILES string of the molecule is NC[C@H]1CC[C@H](C(=O)N2CC[C@H](c3ccccc3)[C@H]2C(=O)Nc2ccc(C(=O)O)cc2)CC1. The number of nitrogens with one attached hydrogen (secondary N) is 1. The van der Waals surface area contributed by atoms with Crippen molar-refractivity contribution in [2.45, 2.75) is 44.1 Å². The summed E-state index contributed by atoms with van der Waals surface area (Å²) in [5.41, 5.74) is 7.52. The maximum Gasteiger partial charge on any atom is 0.335 e. The van der Waals surface area contributed by atoms with E-state index in [0.717, 1.165) is 37.7 Å². The van der Waals surface area contributed by atoms with Crippen molar-refractivity contribution in [3.8, 4) is 0 Å². The van der Waals surface area contributed by atoms with Crippen molar-refractivity contribution in [2.24, 2.45) is 17.6 Å². The molecule has 0 aromatic heterocycles. The lowest BCUT2D eigenvalue weighted by Crippen LogP contribution is -2.48. The van der Waals surface area contributed by atoms with Gasteiger partial charge in [0.15, 0.2) is 0 Å². The zero-order chi connectivity index (χ0) is 23.4. The van der Waals surface area contributed by atoms with Crippen LogP contribution in [-0.2, 0) is 9.59 Å². The number of carbonyl (C=O) groups excluding carboxylic acids is 2. The number of carbonyl (C=O) groups is 3. The minimum Gasteiger partial charge on any atom is -0.478 e. The second-order valence-corrected chi connectivity index (χ2v) is 9.11. The van der Waals surface area contributed by atoms with Crippen LogP contribution < -0.4 is 11.1 Å². The lowest BCUT2D eigenvalue weighted by molar-refractivity contribution is -0.141. The molecule has 4 N–H and O–H groups in total. The first-order valence-corrected chi connectivity index (χ1v) is 11.7. The molecule has 1 heterocycles. The number of anilines is 1. The van der Waals surface area contributed by atoms with Crippen molar-refractivity contribution in [1.29, 1.82) is 0 Å². The highest BCUT2D eigenvalue weighted by molar-refractivity contribution is 5.99. The van der Waals surface area contributed by atoms with E-state index in [1.54, 1.807) is 17.0 Å². The molecule has 174 valence electrons. The van der Waals surface area contributed by atoms with Gasteiger partial charge in [-0.15, -0.1) is 0 Å². The smallest absolute Gasteiger partial charge is 0.335 e. The molecule has 7 nitrogen and oxygen atoms in total. The third-order valence-corrected chi connectivity index (χ3v) is 7.11. The molecule has 0 unspecified atom stereocenters. The molecule has 0 radical (unpaired) electrons. The van der Waals surface area contributed by atoms with Gasteiger partial charge in [0.25, 0.3) is 0 Å². The van der Waals surface area contributed by atoms with E-state index < -0.39 is 12.0 Å². The summed E-state index contributed by atoms with van der Waals surface area (Å²) in [4.78, 5) is 39.9. The fourth-order valence-electron chi connectivity index (χ4n) is 5.21. The molecular weight excluding hydrogens is 418 g/mol. The summed E-state index contributed by atoms with van der Waals surface area (Å²) < 4.78 is 0. The largest absolute Gasteiger partial charge is 0.478 e. The summed E-state index contributed by atoms with van der Waals surface area (Å²) in [6.45, 7) is 1.21. The molecule has 0 bridgehead atoms. The average Bonchev–Trinajstić information content (AvgIpc) is 3.30. The Morgan fingerprint density at radius 2 is 1.61 bits per heavy atom. The predicted octanol–water partition coefficient (Wildman–Crippen LogP) is 3.47. The summed E-state index contributed by atoms with van der Waals surface area (Å²) in [5, 5.41) is 12.0. The third-order valence-electron chi connectivity index (χ3n) is 7.11. The molecule has 2 aromatic rings. The Morgan fingerprint density at radius 1 is 0.939 bits per heavy atom. The maximum atomic E-state index is 13.5. The Labute approximate surface area is 194 Å². The first kappa shape index (κ1) is 23.0. The quantitative estimate of drug-likeness (QED) is 0.625. The van der Waals surface area contributed by atoms with E-state index in [1.165, 1.54) is 12.1 Å². The summed E-state index contributed by atoms with van der Waals surface area (Å²) in [5.74, 6) is -0.869. The van der Waals surface area contributed by atoms with E-state index >= 15 is 0 Å². The minimum atomic E-state index is -1.02. The van der Waals surface area contributed by atoms with Gasteiger partial charge in [0.1, 0.15) is 6.04 Å². The molecule has 2 aliphatic rings. The number of nitrogens with zero attached hydrogens (tertiary/aromatic N) is 1. The standard InChI is InChI=1S/C26H31N3O4/c27-16-17-6-8-19(9-7-17)25(31)29-15-14-22(18-4-2-1-3-5-18)23(29)24(30)28-21-12-10-20(11-13-21)26(32)33/h1-5,10-13,17,19,22-23H,6-9,14-16,27H2,(H,28,30)(H,32,33)/t17-,19-,22-,23+/m1/s1. The monoisotopic (exact) mass is 449 g/mol. The van der Waals surface area contributed by atoms with Gasteiger partial charge in [-0.05, 0) is 74.4 Å². The second kappa shape index (κ2) is 10.2. The molecule has 1 aliphatic carbocycles. The van der Waals surface area contributed by atoms with E-state index in [9.17, 15) is 14.4 Å². The summed E-state index contributed by atoms with van der Waals surface area (Å²) >= 11 is 0. The molecule has 0 spiro atoms. The number of hydrogen-bond donors (Lipinski definition) is 3. The van der Waals surface area contributed by atoms with Gasteiger partial charge in [-0.1, -0.05) is 30.3 Å². The Balaban J connectivity index is 1.55. The van der Waals surface area contributed by atoms with Gasteiger partial charge < -0.3 is 21.1 Å². The summed E-state index contributed by atoms with van der Waals surface area (Å²) in [7, 11) is 0. The highest BCUT2D eigenvalue weighted by Gasteiger charge is 2.44. The maximum absolute atomic E-state index is 13.5. The number of nitrogens with two attached hydrogens (primary N) is 1. The zero-order valence-corrected chi connectivity index (χ0v) is 18.7. The molecule has 2 amide bonds. The number of amides is 2. The first-order valence-electron chi connectivity index (χ1n) is 11.7. The van der Waals surface area contributed by atoms with Gasteiger partial charge in [-0.25, -0.2) is 4.79 Å². The molecule has 2 atom stereocenters. The fourth-order valence-corrected chi connectivity index (χ4v) is 5.21. The van der Waals surface area contributed by atoms with Gasteiger partial charge in [-0.3, -0.25) is 9.59 Å². The summed E-state index contributed by atoms with van der Waals surface area (Å²) in [6.07, 6.45) is 4.27. The van der Waals surface area contributed by atoms with Crippen molar-refractivity contribution in [2.75, 3.05) is 18.4 Å². The Morgan fingerprint density at radius 3 is 2.21 bits per heavy atom. The Bertz CT molecular complexity index is 984. The number of benzene rings is 2. The Kier molecular flexibility index (Phi) is 7.08. The van der Waals surface area contributed by atoms with Crippen LogP contribution in [0.3, 0.4) is 0 Å². The number of aromatic carboxylic acids is 1. The van der Waals surface area contributed by atoms with Crippen LogP contribution in [0.2, 0.25) is 0 Å². The minimum absolute atomic E-state index is 0.0604. The number of carboxylic acids is 1. The highest BCUT2D eigenvalue weighted by atomic mass is 16.4. The highest BCUT2D eigenvalue weighted by Crippen LogP contribution is 2.37. The van der Waals surface area contributed by atoms with Crippen LogP contribution in [0, 0.1) is 11.8 Å². The number of likely N-dealkylation sites (tertiary alicyclic amines) is 1. The first-order chi connectivity index (χ1) is 16.0. The third kappa shape index (κ3) is 5.09. The van der Waals surface area contributed by atoms with Crippen LogP contribution in [0.1, 0.15) is 53.9 Å². The van der Waals surface area contributed by atoms with Crippen molar-refractivity contribution in [3.63, 3.8) is 0 Å². The van der Waals surface area contributed by atoms with E-state index in [1.807, 2.05) is 30.3 Å². The molecule has 4 rings (SSSR count). The molecule has 1 saturated carbocycles. The van der Waals surface area contributed by atoms with E-state index in [2.05, 4.69) is 5.32 Å². The van der Waals surface area contributed by atoms with Crippen LogP contribution in [0.5, 0.6) is 0 Å². The predicted molar refractivity (Wildman–Crippen MR) is 126 cm³/mol. The molecule has 1 saturated heterocycles. The number of hydrogen-bond acceptors (Lipinski definition) is 4.